The molecule has 0 spiro atoms. The van der Waals surface area contributed by atoms with Crippen molar-refractivity contribution in [1.82, 2.24) is 0 Å². The number of hydrogen-bond acceptors (Lipinski definition) is 8. The van der Waals surface area contributed by atoms with Crippen LogP contribution in [0, 0.1) is 0 Å². The van der Waals surface area contributed by atoms with Crippen LogP contribution in [-0.2, 0) is 9.53 Å². The van der Waals surface area contributed by atoms with Crippen molar-refractivity contribution in [2.24, 2.45) is 4.99 Å². The highest BCUT2D eigenvalue weighted by Crippen LogP contribution is 2.42. The summed E-state index contributed by atoms with van der Waals surface area (Å²) in [5.41, 5.74) is 1.30. The van der Waals surface area contributed by atoms with Crippen molar-refractivity contribution in [2.45, 2.75) is 6.92 Å². The van der Waals surface area contributed by atoms with E-state index in [-0.39, 0.29) is 11.3 Å². The predicted octanol–water partition coefficient (Wildman–Crippen LogP) is 4.91. The third-order valence-corrected chi connectivity index (χ3v) is 5.40. The minimum absolute atomic E-state index is 0.00879. The molecule has 0 aliphatic carbocycles. The lowest BCUT2D eigenvalue weighted by Crippen LogP contribution is -2.10. The van der Waals surface area contributed by atoms with E-state index in [9.17, 15) is 9.90 Å². The van der Waals surface area contributed by atoms with E-state index in [4.69, 9.17) is 18.9 Å². The maximum absolute atomic E-state index is 12.4. The summed E-state index contributed by atoms with van der Waals surface area (Å²) < 4.78 is 21.1. The van der Waals surface area contributed by atoms with E-state index in [0.717, 1.165) is 5.75 Å². The van der Waals surface area contributed by atoms with Crippen molar-refractivity contribution >= 4 is 34.5 Å². The Bertz CT molecular complexity index is 1060. The van der Waals surface area contributed by atoms with E-state index in [2.05, 4.69) is 4.99 Å². The number of para-hydroxylation sites is 1. The van der Waals surface area contributed by atoms with Gasteiger partial charge in [0.15, 0.2) is 11.5 Å². The van der Waals surface area contributed by atoms with Gasteiger partial charge in [-0.05, 0) is 43.3 Å². The molecule has 2 aromatic carbocycles. The molecule has 3 rings (SSSR count). The summed E-state index contributed by atoms with van der Waals surface area (Å²) in [7, 11) is 4.35. The number of carbonyl (C=O) groups is 1. The Balaban J connectivity index is 2.03. The number of aliphatic imine (C=N–C) groups is 1. The second-order valence-corrected chi connectivity index (χ2v) is 7.28. The number of ether oxygens (including phenoxy) is 4. The number of carbonyl (C=O) groups excluding carboxylic acids is 1. The molecular formula is C23H23NO6S. The number of aliphatic hydroxyl groups excluding tert-OH is 1. The monoisotopic (exact) mass is 441 g/mol. The molecule has 162 valence electrons. The number of hydrogen-bond donors (Lipinski definition) is 1. The molecule has 0 unspecified atom stereocenters. The first-order valence-electron chi connectivity index (χ1n) is 9.46. The van der Waals surface area contributed by atoms with Gasteiger partial charge in [-0.3, -0.25) is 0 Å². The van der Waals surface area contributed by atoms with E-state index in [1.54, 1.807) is 43.5 Å². The number of rotatable bonds is 7. The highest BCUT2D eigenvalue weighted by Gasteiger charge is 2.33. The first-order valence-corrected chi connectivity index (χ1v) is 10.3. The minimum Gasteiger partial charge on any atom is -0.506 e. The van der Waals surface area contributed by atoms with Gasteiger partial charge in [-0.15, -0.1) is 0 Å². The van der Waals surface area contributed by atoms with Gasteiger partial charge in [-0.2, -0.15) is 0 Å². The van der Waals surface area contributed by atoms with Gasteiger partial charge in [-0.1, -0.05) is 23.9 Å². The molecule has 1 heterocycles. The van der Waals surface area contributed by atoms with Gasteiger partial charge >= 0.3 is 5.97 Å². The Morgan fingerprint density at radius 1 is 1.10 bits per heavy atom. The van der Waals surface area contributed by atoms with Crippen LogP contribution < -0.4 is 14.2 Å². The highest BCUT2D eigenvalue weighted by molar-refractivity contribution is 8.18. The molecule has 0 fully saturated rings. The molecule has 0 radical (unpaired) electrons. The smallest absolute Gasteiger partial charge is 0.344 e. The van der Waals surface area contributed by atoms with Crippen LogP contribution in [0.2, 0.25) is 0 Å². The third kappa shape index (κ3) is 4.86. The van der Waals surface area contributed by atoms with Gasteiger partial charge in [0.05, 0.1) is 38.5 Å². The summed E-state index contributed by atoms with van der Waals surface area (Å²) in [5, 5.41) is 11.1. The standard InChI is InChI=1S/C23H23NO6S/c1-5-30-16-11-9-15(10-12-16)24-22-19(23(26)29-4)20(25)18(31-22)13-14-7-6-8-17(27-2)21(14)28-3/h6-13,25H,5H2,1-4H3/b18-13+,24-22?. The topological polar surface area (TPSA) is 86.6 Å². The fraction of sp³-hybridized carbons (Fsp3) is 0.217. The van der Waals surface area contributed by atoms with Gasteiger partial charge in [0.25, 0.3) is 0 Å². The second kappa shape index (κ2) is 10.1. The van der Waals surface area contributed by atoms with Crippen LogP contribution >= 0.6 is 11.8 Å². The van der Waals surface area contributed by atoms with E-state index in [1.165, 1.54) is 26.0 Å². The SMILES string of the molecule is CCOc1ccc(N=C2S/C(=C/c3cccc(OC)c3OC)C(O)=C2C(=O)OC)cc1. The van der Waals surface area contributed by atoms with Crippen molar-refractivity contribution in [3.8, 4) is 17.2 Å². The summed E-state index contributed by atoms with van der Waals surface area (Å²) in [6.45, 7) is 2.47. The van der Waals surface area contributed by atoms with E-state index in [1.807, 2.05) is 19.1 Å². The Labute approximate surface area is 185 Å². The lowest BCUT2D eigenvalue weighted by molar-refractivity contribution is -0.135. The normalized spacial score (nSPS) is 16.0. The van der Waals surface area contributed by atoms with Gasteiger partial charge in [0.1, 0.15) is 22.1 Å². The molecule has 0 amide bonds. The number of thioether (sulfide) groups is 1. The van der Waals surface area contributed by atoms with Crippen LogP contribution in [-0.4, -0.2) is 44.1 Å². The van der Waals surface area contributed by atoms with E-state index in [0.29, 0.717) is 39.3 Å². The lowest BCUT2D eigenvalue weighted by atomic mass is 10.1. The van der Waals surface area contributed by atoms with Crippen molar-refractivity contribution in [1.29, 1.82) is 0 Å². The van der Waals surface area contributed by atoms with Crippen LogP contribution in [0.15, 0.2) is 63.7 Å². The Kier molecular flexibility index (Phi) is 7.25. The molecule has 0 bridgehead atoms. The lowest BCUT2D eigenvalue weighted by Gasteiger charge is -2.10. The summed E-state index contributed by atoms with van der Waals surface area (Å²) in [4.78, 5) is 17.3. The Morgan fingerprint density at radius 3 is 2.45 bits per heavy atom. The Hall–Kier alpha value is -3.39. The fourth-order valence-electron chi connectivity index (χ4n) is 2.96. The van der Waals surface area contributed by atoms with Crippen LogP contribution in [0.4, 0.5) is 5.69 Å². The van der Waals surface area contributed by atoms with E-state index < -0.39 is 5.97 Å². The number of aliphatic hydroxyl groups is 1. The molecule has 0 saturated heterocycles. The number of esters is 1. The first-order chi connectivity index (χ1) is 15.0. The maximum Gasteiger partial charge on any atom is 0.344 e. The Morgan fingerprint density at radius 2 is 1.84 bits per heavy atom. The van der Waals surface area contributed by atoms with Crippen LogP contribution in [0.1, 0.15) is 12.5 Å². The maximum atomic E-state index is 12.4. The molecule has 0 atom stereocenters. The number of benzene rings is 2. The highest BCUT2D eigenvalue weighted by atomic mass is 32.2. The molecule has 1 N–H and O–H groups in total. The summed E-state index contributed by atoms with van der Waals surface area (Å²) in [5.74, 6) is 0.923. The van der Waals surface area contributed by atoms with Crippen LogP contribution in [0.3, 0.4) is 0 Å². The van der Waals surface area contributed by atoms with Crippen molar-refractivity contribution in [2.75, 3.05) is 27.9 Å². The fourth-order valence-corrected chi connectivity index (χ4v) is 3.98. The third-order valence-electron chi connectivity index (χ3n) is 4.38. The van der Waals surface area contributed by atoms with E-state index >= 15 is 0 Å². The first kappa shape index (κ1) is 22.3. The number of nitrogens with zero attached hydrogens (tertiary/aromatic N) is 1. The second-order valence-electron chi connectivity index (χ2n) is 6.25. The van der Waals surface area contributed by atoms with Crippen molar-refractivity contribution < 1.29 is 28.8 Å². The zero-order valence-electron chi connectivity index (χ0n) is 17.7. The zero-order valence-corrected chi connectivity index (χ0v) is 18.5. The largest absolute Gasteiger partial charge is 0.506 e. The van der Waals surface area contributed by atoms with Gasteiger partial charge in [-0.25, -0.2) is 9.79 Å². The molecule has 0 saturated carbocycles. The molecular weight excluding hydrogens is 418 g/mol. The average Bonchev–Trinajstić information content (AvgIpc) is 3.09. The average molecular weight is 442 g/mol. The van der Waals surface area contributed by atoms with Crippen molar-refractivity contribution in [3.63, 3.8) is 0 Å². The minimum atomic E-state index is -0.671. The van der Waals surface area contributed by atoms with Crippen molar-refractivity contribution in [3.05, 3.63) is 64.3 Å². The van der Waals surface area contributed by atoms with Crippen LogP contribution in [0.5, 0.6) is 17.2 Å². The molecule has 31 heavy (non-hydrogen) atoms. The molecule has 1 aliphatic heterocycles. The molecule has 2 aromatic rings. The summed E-state index contributed by atoms with van der Waals surface area (Å²) >= 11 is 1.17. The summed E-state index contributed by atoms with van der Waals surface area (Å²) in [6, 6.07) is 12.5. The summed E-state index contributed by atoms with van der Waals surface area (Å²) in [6.07, 6.45) is 1.71. The van der Waals surface area contributed by atoms with Gasteiger partial charge in [0.2, 0.25) is 0 Å². The molecule has 8 heteroatoms. The number of methoxy groups -OCH3 is 3. The molecule has 7 nitrogen and oxygen atoms in total. The quantitative estimate of drug-likeness (QED) is 0.611. The zero-order chi connectivity index (χ0) is 22.4. The van der Waals surface area contributed by atoms with Gasteiger partial charge in [0, 0.05) is 5.56 Å². The van der Waals surface area contributed by atoms with Crippen LogP contribution in [0.25, 0.3) is 6.08 Å². The molecule has 0 aromatic heterocycles. The molecule has 1 aliphatic rings. The van der Waals surface area contributed by atoms with Gasteiger partial charge < -0.3 is 24.1 Å². The predicted molar refractivity (Wildman–Crippen MR) is 121 cm³/mol.